The van der Waals surface area contributed by atoms with Gasteiger partial charge in [-0.1, -0.05) is 0 Å². The smallest absolute Gasteiger partial charge is 0.195 e. The van der Waals surface area contributed by atoms with E-state index in [-0.39, 0.29) is 5.75 Å². The van der Waals surface area contributed by atoms with E-state index < -0.39 is 0 Å². The maximum Gasteiger partial charge on any atom is 0.195 e. The summed E-state index contributed by atoms with van der Waals surface area (Å²) in [5.74, 6) is 0.686. The number of anilines is 1. The topological polar surface area (TPSA) is 70.8 Å². The van der Waals surface area contributed by atoms with Crippen molar-refractivity contribution in [1.82, 2.24) is 9.97 Å². The molecular weight excluding hydrogens is 208 g/mol. The van der Waals surface area contributed by atoms with Crippen molar-refractivity contribution in [3.05, 3.63) is 24.5 Å². The van der Waals surface area contributed by atoms with Gasteiger partial charge in [0.25, 0.3) is 0 Å². The Morgan fingerprint density at radius 1 is 1.31 bits per heavy atom. The minimum Gasteiger partial charge on any atom is -0.504 e. The van der Waals surface area contributed by atoms with Gasteiger partial charge in [0.05, 0.1) is 6.20 Å². The number of rotatable bonds is 1. The van der Waals surface area contributed by atoms with Gasteiger partial charge < -0.3 is 9.84 Å². The van der Waals surface area contributed by atoms with Crippen LogP contribution in [-0.4, -0.2) is 28.2 Å². The van der Waals surface area contributed by atoms with Crippen LogP contribution in [0, 0.1) is 0 Å². The van der Waals surface area contributed by atoms with E-state index in [1.54, 1.807) is 17.3 Å². The standard InChI is InChI=1S/C10H8N4O2/c15-8-4-11-3-7-1-2-9(13-10(7)8)14-6-16-5-12-14/h1-5,15H,6H2. The molecule has 0 unspecified atom stereocenters. The SMILES string of the molecule is Oc1cncc2ccc(N3COC=N3)nc12. The van der Waals surface area contributed by atoms with Crippen LogP contribution in [0.4, 0.5) is 5.82 Å². The lowest BCUT2D eigenvalue weighted by atomic mass is 10.2. The predicted octanol–water partition coefficient (Wildman–Crippen LogP) is 1.07. The molecule has 1 N–H and O–H groups in total. The number of nitrogens with zero attached hydrogens (tertiary/aromatic N) is 4. The number of fused-ring (bicyclic) bond motifs is 1. The second-order valence-electron chi connectivity index (χ2n) is 3.32. The van der Waals surface area contributed by atoms with Crippen LogP contribution in [0.2, 0.25) is 0 Å². The highest BCUT2D eigenvalue weighted by molar-refractivity contribution is 5.84. The average molecular weight is 216 g/mol. The maximum atomic E-state index is 9.63. The fourth-order valence-electron chi connectivity index (χ4n) is 1.51. The lowest BCUT2D eigenvalue weighted by Crippen LogP contribution is -2.14. The molecular formula is C10H8N4O2. The van der Waals surface area contributed by atoms with E-state index >= 15 is 0 Å². The molecule has 1 aliphatic heterocycles. The number of hydrogen-bond acceptors (Lipinski definition) is 6. The zero-order valence-corrected chi connectivity index (χ0v) is 8.24. The van der Waals surface area contributed by atoms with Crippen molar-refractivity contribution in [2.75, 3.05) is 11.7 Å². The van der Waals surface area contributed by atoms with Crippen molar-refractivity contribution in [3.8, 4) is 5.75 Å². The molecule has 2 aromatic heterocycles. The molecule has 0 aromatic carbocycles. The summed E-state index contributed by atoms with van der Waals surface area (Å²) in [5, 5.41) is 16.0. The Bertz CT molecular complexity index is 570. The lowest BCUT2D eigenvalue weighted by Gasteiger charge is -2.11. The number of hydrazone groups is 1. The molecule has 6 heteroatoms. The Kier molecular flexibility index (Phi) is 1.86. The molecule has 0 spiro atoms. The van der Waals surface area contributed by atoms with Crippen LogP contribution >= 0.6 is 0 Å². The monoisotopic (exact) mass is 216 g/mol. The van der Waals surface area contributed by atoms with Gasteiger partial charge in [-0.05, 0) is 12.1 Å². The van der Waals surface area contributed by atoms with Crippen LogP contribution in [0.25, 0.3) is 10.9 Å². The third-order valence-electron chi connectivity index (χ3n) is 2.29. The van der Waals surface area contributed by atoms with E-state index in [1.165, 1.54) is 12.6 Å². The van der Waals surface area contributed by atoms with E-state index in [9.17, 15) is 5.11 Å². The van der Waals surface area contributed by atoms with Gasteiger partial charge >= 0.3 is 0 Å². The Balaban J connectivity index is 2.14. The van der Waals surface area contributed by atoms with Gasteiger partial charge in [-0.15, -0.1) is 5.10 Å². The number of hydrogen-bond donors (Lipinski definition) is 1. The molecule has 1 aliphatic rings. The molecule has 16 heavy (non-hydrogen) atoms. The highest BCUT2D eigenvalue weighted by Gasteiger charge is 2.12. The molecule has 0 aliphatic carbocycles. The van der Waals surface area contributed by atoms with Gasteiger partial charge in [0.15, 0.2) is 24.7 Å². The minimum absolute atomic E-state index is 0.0587. The molecule has 0 saturated heterocycles. The first-order valence-electron chi connectivity index (χ1n) is 4.70. The molecule has 0 amide bonds. The summed E-state index contributed by atoms with van der Waals surface area (Å²) in [7, 11) is 0. The first kappa shape index (κ1) is 8.90. The zero-order chi connectivity index (χ0) is 11.0. The molecule has 6 nitrogen and oxygen atoms in total. The zero-order valence-electron chi connectivity index (χ0n) is 8.24. The van der Waals surface area contributed by atoms with E-state index in [0.717, 1.165) is 5.39 Å². The fraction of sp³-hybridized carbons (Fsp3) is 0.100. The van der Waals surface area contributed by atoms with E-state index in [1.807, 2.05) is 6.07 Å². The van der Waals surface area contributed by atoms with Crippen LogP contribution in [-0.2, 0) is 4.74 Å². The molecule has 0 fully saturated rings. The van der Waals surface area contributed by atoms with Crippen LogP contribution in [0.1, 0.15) is 0 Å². The molecule has 2 aromatic rings. The van der Waals surface area contributed by atoms with E-state index in [0.29, 0.717) is 18.1 Å². The van der Waals surface area contributed by atoms with Crippen LogP contribution in [0.5, 0.6) is 5.75 Å². The van der Waals surface area contributed by atoms with Gasteiger partial charge in [-0.25, -0.2) is 9.99 Å². The molecule has 0 atom stereocenters. The number of ether oxygens (including phenoxy) is 1. The highest BCUT2D eigenvalue weighted by Crippen LogP contribution is 2.24. The second kappa shape index (κ2) is 3.34. The molecule has 0 saturated carbocycles. The van der Waals surface area contributed by atoms with Crippen molar-refractivity contribution in [2.45, 2.75) is 0 Å². The summed E-state index contributed by atoms with van der Waals surface area (Å²) in [4.78, 5) is 8.18. The maximum absolute atomic E-state index is 9.63. The molecule has 3 heterocycles. The van der Waals surface area contributed by atoms with Gasteiger partial charge in [0.2, 0.25) is 0 Å². The third-order valence-corrected chi connectivity index (χ3v) is 2.29. The number of aromatic hydroxyl groups is 1. The third kappa shape index (κ3) is 1.31. The Hall–Kier alpha value is -2.37. The van der Waals surface area contributed by atoms with E-state index in [2.05, 4.69) is 15.1 Å². The molecule has 3 rings (SSSR count). The summed E-state index contributed by atoms with van der Waals surface area (Å²) in [6, 6.07) is 3.63. The van der Waals surface area contributed by atoms with Crippen molar-refractivity contribution in [2.24, 2.45) is 5.10 Å². The molecule has 0 radical (unpaired) electrons. The van der Waals surface area contributed by atoms with Crippen LogP contribution in [0.3, 0.4) is 0 Å². The Morgan fingerprint density at radius 2 is 2.25 bits per heavy atom. The van der Waals surface area contributed by atoms with E-state index in [4.69, 9.17) is 4.74 Å². The van der Waals surface area contributed by atoms with Gasteiger partial charge in [-0.2, -0.15) is 0 Å². The Labute approximate surface area is 90.8 Å². The summed E-state index contributed by atoms with van der Waals surface area (Å²) >= 11 is 0. The average Bonchev–Trinajstić information content (AvgIpc) is 2.83. The first-order valence-corrected chi connectivity index (χ1v) is 4.70. The normalized spacial score (nSPS) is 14.4. The van der Waals surface area contributed by atoms with Gasteiger partial charge in [0, 0.05) is 11.6 Å². The fourth-order valence-corrected chi connectivity index (χ4v) is 1.51. The minimum atomic E-state index is 0.0587. The van der Waals surface area contributed by atoms with Crippen molar-refractivity contribution >= 4 is 23.1 Å². The van der Waals surface area contributed by atoms with Gasteiger partial charge in [0.1, 0.15) is 5.52 Å². The molecule has 0 bridgehead atoms. The second-order valence-corrected chi connectivity index (χ2v) is 3.32. The van der Waals surface area contributed by atoms with Crippen LogP contribution < -0.4 is 5.01 Å². The van der Waals surface area contributed by atoms with Gasteiger partial charge in [-0.3, -0.25) is 4.98 Å². The lowest BCUT2D eigenvalue weighted by molar-refractivity contribution is 0.349. The van der Waals surface area contributed by atoms with Crippen molar-refractivity contribution in [1.29, 1.82) is 0 Å². The summed E-state index contributed by atoms with van der Waals surface area (Å²) < 4.78 is 4.97. The molecule has 80 valence electrons. The quantitative estimate of drug-likeness (QED) is 0.772. The summed E-state index contributed by atoms with van der Waals surface area (Å²) in [6.07, 6.45) is 4.37. The van der Waals surface area contributed by atoms with Crippen molar-refractivity contribution < 1.29 is 9.84 Å². The highest BCUT2D eigenvalue weighted by atomic mass is 16.5. The Morgan fingerprint density at radius 3 is 3.06 bits per heavy atom. The predicted molar refractivity (Wildman–Crippen MR) is 58.1 cm³/mol. The summed E-state index contributed by atoms with van der Waals surface area (Å²) in [5.41, 5.74) is 0.509. The first-order chi connectivity index (χ1) is 7.84. The largest absolute Gasteiger partial charge is 0.504 e. The summed E-state index contributed by atoms with van der Waals surface area (Å²) in [6.45, 7) is 0.338. The number of pyridine rings is 2. The van der Waals surface area contributed by atoms with Crippen molar-refractivity contribution in [3.63, 3.8) is 0 Å². The van der Waals surface area contributed by atoms with Crippen LogP contribution in [0.15, 0.2) is 29.6 Å². The number of aromatic nitrogens is 2.